The van der Waals surface area contributed by atoms with Crippen molar-refractivity contribution < 1.29 is 0 Å². The number of nitrogens with zero attached hydrogens (tertiary/aromatic N) is 3. The van der Waals surface area contributed by atoms with Crippen LogP contribution in [0.25, 0.3) is 0 Å². The molecule has 2 rings (SSSR count). The lowest BCUT2D eigenvalue weighted by Gasteiger charge is -2.13. The Kier molecular flexibility index (Phi) is 4.64. The van der Waals surface area contributed by atoms with E-state index < -0.39 is 0 Å². The number of anilines is 1. The highest BCUT2D eigenvalue weighted by Gasteiger charge is 2.14. The molecular formula is C14H26N4. The van der Waals surface area contributed by atoms with Crippen LogP contribution in [-0.4, -0.2) is 30.2 Å². The Bertz CT molecular complexity index is 364. The molecule has 4 nitrogen and oxygen atoms in total. The predicted octanol–water partition coefficient (Wildman–Crippen LogP) is 2.16. The van der Waals surface area contributed by atoms with Gasteiger partial charge in [-0.25, -0.2) is 4.98 Å². The van der Waals surface area contributed by atoms with E-state index in [0.29, 0.717) is 0 Å². The topological polar surface area (TPSA) is 33.1 Å². The van der Waals surface area contributed by atoms with E-state index in [0.717, 1.165) is 25.0 Å². The molecule has 1 N–H and O–H groups in total. The second kappa shape index (κ2) is 6.23. The highest BCUT2D eigenvalue weighted by molar-refractivity contribution is 5.30. The molecule has 1 aliphatic carbocycles. The third-order valence-electron chi connectivity index (χ3n) is 3.97. The summed E-state index contributed by atoms with van der Waals surface area (Å²) in [6, 6.07) is 0. The smallest absolute Gasteiger partial charge is 0.204 e. The third-order valence-corrected chi connectivity index (χ3v) is 3.97. The van der Waals surface area contributed by atoms with Crippen LogP contribution in [0.4, 0.5) is 5.95 Å². The van der Waals surface area contributed by atoms with Gasteiger partial charge in [0.05, 0.1) is 11.9 Å². The van der Waals surface area contributed by atoms with Gasteiger partial charge in [0.1, 0.15) is 0 Å². The molecule has 1 fully saturated rings. The molecule has 0 aliphatic heterocycles. The van der Waals surface area contributed by atoms with Crippen molar-refractivity contribution in [3.05, 3.63) is 11.9 Å². The van der Waals surface area contributed by atoms with Gasteiger partial charge in [-0.2, -0.15) is 0 Å². The molecule has 0 saturated heterocycles. The zero-order valence-electron chi connectivity index (χ0n) is 11.9. The van der Waals surface area contributed by atoms with E-state index in [-0.39, 0.29) is 0 Å². The van der Waals surface area contributed by atoms with Crippen LogP contribution in [0.5, 0.6) is 0 Å². The lowest BCUT2D eigenvalue weighted by molar-refractivity contribution is 0.474. The highest BCUT2D eigenvalue weighted by Crippen LogP contribution is 2.26. The fourth-order valence-electron chi connectivity index (χ4n) is 2.84. The maximum Gasteiger partial charge on any atom is 0.204 e. The zero-order valence-corrected chi connectivity index (χ0v) is 11.9. The van der Waals surface area contributed by atoms with Crippen LogP contribution < -0.4 is 10.2 Å². The van der Waals surface area contributed by atoms with Crippen LogP contribution in [0.2, 0.25) is 0 Å². The van der Waals surface area contributed by atoms with Gasteiger partial charge in [-0.1, -0.05) is 25.7 Å². The number of nitrogens with one attached hydrogen (secondary N) is 1. The molecule has 4 heteroatoms. The molecule has 0 radical (unpaired) electrons. The average molecular weight is 250 g/mol. The van der Waals surface area contributed by atoms with Crippen LogP contribution in [0, 0.1) is 5.92 Å². The van der Waals surface area contributed by atoms with E-state index >= 15 is 0 Å². The Labute approximate surface area is 110 Å². The van der Waals surface area contributed by atoms with Gasteiger partial charge in [0.2, 0.25) is 5.95 Å². The van der Waals surface area contributed by atoms with Gasteiger partial charge in [-0.05, 0) is 18.9 Å². The van der Waals surface area contributed by atoms with Crippen molar-refractivity contribution in [2.24, 2.45) is 13.0 Å². The zero-order chi connectivity index (χ0) is 13.0. The predicted molar refractivity (Wildman–Crippen MR) is 75.8 cm³/mol. The largest absolute Gasteiger partial charge is 0.348 e. The van der Waals surface area contributed by atoms with Gasteiger partial charge in [0.25, 0.3) is 0 Å². The number of rotatable bonds is 6. The monoisotopic (exact) mass is 250 g/mol. The molecule has 0 amide bonds. The van der Waals surface area contributed by atoms with Crippen molar-refractivity contribution in [1.29, 1.82) is 0 Å². The molecule has 18 heavy (non-hydrogen) atoms. The summed E-state index contributed by atoms with van der Waals surface area (Å²) in [5.74, 6) is 1.99. The Morgan fingerprint density at radius 2 is 2.11 bits per heavy atom. The first-order chi connectivity index (χ1) is 8.68. The molecule has 1 aromatic rings. The highest BCUT2D eigenvalue weighted by atomic mass is 15.3. The van der Waals surface area contributed by atoms with Gasteiger partial charge in [-0.15, -0.1) is 0 Å². The van der Waals surface area contributed by atoms with Crippen molar-refractivity contribution in [2.45, 2.75) is 38.6 Å². The summed E-state index contributed by atoms with van der Waals surface area (Å²) in [6.45, 7) is 2.05. The number of hydrogen-bond donors (Lipinski definition) is 1. The Morgan fingerprint density at radius 3 is 2.72 bits per heavy atom. The molecule has 102 valence electrons. The summed E-state index contributed by atoms with van der Waals surface area (Å²) in [6.07, 6.45) is 9.07. The minimum absolute atomic E-state index is 0.921. The van der Waals surface area contributed by atoms with Crippen molar-refractivity contribution >= 4 is 5.95 Å². The number of hydrogen-bond acceptors (Lipinski definition) is 3. The van der Waals surface area contributed by atoms with Crippen molar-refractivity contribution in [1.82, 2.24) is 14.9 Å². The summed E-state index contributed by atoms with van der Waals surface area (Å²) in [4.78, 5) is 6.46. The standard InChI is InChI=1S/C14H26N4/c1-17(2)14-16-11-13(18(14)3)10-15-9-8-12-6-4-5-7-12/h11-12,15H,4-10H2,1-3H3. The fourth-order valence-corrected chi connectivity index (χ4v) is 2.84. The summed E-state index contributed by atoms with van der Waals surface area (Å²) >= 11 is 0. The maximum absolute atomic E-state index is 4.42. The van der Waals surface area contributed by atoms with E-state index in [9.17, 15) is 0 Å². The van der Waals surface area contributed by atoms with Gasteiger partial charge < -0.3 is 14.8 Å². The Balaban J connectivity index is 1.72. The van der Waals surface area contributed by atoms with Crippen molar-refractivity contribution in [3.63, 3.8) is 0 Å². The van der Waals surface area contributed by atoms with Gasteiger partial charge in [-0.3, -0.25) is 0 Å². The lowest BCUT2D eigenvalue weighted by atomic mass is 10.0. The minimum atomic E-state index is 0.921. The molecule has 1 saturated carbocycles. The second-order valence-electron chi connectivity index (χ2n) is 5.62. The molecule has 0 atom stereocenters. The summed E-state index contributed by atoms with van der Waals surface area (Å²) < 4.78 is 2.16. The molecule has 1 heterocycles. The minimum Gasteiger partial charge on any atom is -0.348 e. The van der Waals surface area contributed by atoms with Crippen LogP contribution in [0.3, 0.4) is 0 Å². The van der Waals surface area contributed by atoms with Crippen LogP contribution >= 0.6 is 0 Å². The van der Waals surface area contributed by atoms with Crippen LogP contribution in [-0.2, 0) is 13.6 Å². The van der Waals surface area contributed by atoms with E-state index in [1.807, 2.05) is 25.2 Å². The van der Waals surface area contributed by atoms with Gasteiger partial charge >= 0.3 is 0 Å². The summed E-state index contributed by atoms with van der Waals surface area (Å²) in [7, 11) is 6.13. The van der Waals surface area contributed by atoms with Crippen LogP contribution in [0.1, 0.15) is 37.8 Å². The normalized spacial score (nSPS) is 16.4. The second-order valence-corrected chi connectivity index (χ2v) is 5.62. The number of aromatic nitrogens is 2. The molecule has 0 spiro atoms. The van der Waals surface area contributed by atoms with Crippen LogP contribution in [0.15, 0.2) is 6.20 Å². The van der Waals surface area contributed by atoms with Gasteiger partial charge in [0, 0.05) is 27.7 Å². The third kappa shape index (κ3) is 3.25. The molecule has 1 aliphatic rings. The lowest BCUT2D eigenvalue weighted by Crippen LogP contribution is -2.20. The molecule has 1 aromatic heterocycles. The summed E-state index contributed by atoms with van der Waals surface area (Å²) in [5.41, 5.74) is 1.25. The van der Waals surface area contributed by atoms with E-state index in [1.54, 1.807) is 0 Å². The first-order valence-corrected chi connectivity index (χ1v) is 7.07. The van der Waals surface area contributed by atoms with E-state index in [4.69, 9.17) is 0 Å². The van der Waals surface area contributed by atoms with Gasteiger partial charge in [0.15, 0.2) is 0 Å². The SMILES string of the molecule is CN(C)c1ncc(CNCCC2CCCC2)n1C. The molecular weight excluding hydrogens is 224 g/mol. The first-order valence-electron chi connectivity index (χ1n) is 7.07. The van der Waals surface area contributed by atoms with E-state index in [1.165, 1.54) is 37.8 Å². The molecule has 0 bridgehead atoms. The Hall–Kier alpha value is -1.03. The maximum atomic E-state index is 4.42. The van der Waals surface area contributed by atoms with Crippen molar-refractivity contribution in [3.8, 4) is 0 Å². The van der Waals surface area contributed by atoms with Crippen molar-refractivity contribution in [2.75, 3.05) is 25.5 Å². The first kappa shape index (κ1) is 13.4. The number of imidazole rings is 1. The average Bonchev–Trinajstić information content (AvgIpc) is 2.95. The molecule has 0 unspecified atom stereocenters. The fraction of sp³-hybridized carbons (Fsp3) is 0.786. The van der Waals surface area contributed by atoms with E-state index in [2.05, 4.69) is 21.9 Å². The quantitative estimate of drug-likeness (QED) is 0.785. The summed E-state index contributed by atoms with van der Waals surface area (Å²) in [5, 5.41) is 3.54. The Morgan fingerprint density at radius 1 is 1.39 bits per heavy atom. The molecule has 0 aromatic carbocycles.